The Morgan fingerprint density at radius 3 is 2.69 bits per heavy atom. The fraction of sp³-hybridized carbons (Fsp3) is 0.143. The summed E-state index contributed by atoms with van der Waals surface area (Å²) in [7, 11) is 0. The number of hydrazine groups is 1. The molecular weight excluding hydrogens is 392 g/mol. The van der Waals surface area contributed by atoms with Crippen LogP contribution in [0.2, 0.25) is 5.02 Å². The normalized spacial score (nSPS) is 16.1. The molecule has 0 bridgehead atoms. The van der Waals surface area contributed by atoms with Crippen molar-refractivity contribution in [3.8, 4) is 0 Å². The highest BCUT2D eigenvalue weighted by Gasteiger charge is 2.35. The number of carbonyl (C=O) groups is 3. The number of aromatic nitrogens is 1. The van der Waals surface area contributed by atoms with E-state index in [0.29, 0.717) is 16.2 Å². The largest absolute Gasteiger partial charge is 0.312 e. The Kier molecular flexibility index (Phi) is 5.14. The van der Waals surface area contributed by atoms with Crippen LogP contribution in [0.5, 0.6) is 0 Å². The molecule has 1 aliphatic heterocycles. The van der Waals surface area contributed by atoms with Gasteiger partial charge in [0.05, 0.1) is 11.4 Å². The molecule has 0 unspecified atom stereocenters. The molecule has 1 aromatic heterocycles. The van der Waals surface area contributed by atoms with E-state index in [9.17, 15) is 14.4 Å². The zero-order valence-corrected chi connectivity index (χ0v) is 16.0. The van der Waals surface area contributed by atoms with E-state index >= 15 is 0 Å². The predicted octanol–water partition coefficient (Wildman–Crippen LogP) is 2.70. The Labute approximate surface area is 171 Å². The zero-order valence-electron chi connectivity index (χ0n) is 15.3. The molecular formula is C21H17ClN4O3. The maximum Gasteiger partial charge on any atom is 0.288 e. The minimum atomic E-state index is -0.577. The molecule has 2 aromatic carbocycles. The predicted molar refractivity (Wildman–Crippen MR) is 109 cm³/mol. The van der Waals surface area contributed by atoms with Crippen molar-refractivity contribution in [2.24, 2.45) is 5.92 Å². The number of rotatable bonds is 3. The van der Waals surface area contributed by atoms with Gasteiger partial charge in [-0.1, -0.05) is 41.9 Å². The lowest BCUT2D eigenvalue weighted by atomic mass is 10.1. The first-order valence-electron chi connectivity index (χ1n) is 9.03. The van der Waals surface area contributed by atoms with Crippen molar-refractivity contribution in [3.05, 3.63) is 71.4 Å². The van der Waals surface area contributed by atoms with Crippen LogP contribution < -0.4 is 15.8 Å². The summed E-state index contributed by atoms with van der Waals surface area (Å²) >= 11 is 5.98. The van der Waals surface area contributed by atoms with Crippen molar-refractivity contribution in [1.29, 1.82) is 0 Å². The second-order valence-electron chi connectivity index (χ2n) is 6.72. The van der Waals surface area contributed by atoms with Gasteiger partial charge in [0.15, 0.2) is 0 Å². The molecule has 1 atom stereocenters. The van der Waals surface area contributed by atoms with Gasteiger partial charge in [0.2, 0.25) is 11.8 Å². The van der Waals surface area contributed by atoms with Crippen LogP contribution in [0.15, 0.2) is 60.7 Å². The van der Waals surface area contributed by atoms with Crippen molar-refractivity contribution >= 4 is 45.9 Å². The Balaban J connectivity index is 1.38. The van der Waals surface area contributed by atoms with E-state index in [1.807, 2.05) is 18.2 Å². The van der Waals surface area contributed by atoms with Gasteiger partial charge in [-0.05, 0) is 30.3 Å². The molecule has 1 fully saturated rings. The lowest BCUT2D eigenvalue weighted by Gasteiger charge is -2.17. The molecule has 1 aliphatic rings. The summed E-state index contributed by atoms with van der Waals surface area (Å²) in [6.45, 7) is 0.217. The number of nitrogens with zero attached hydrogens (tertiary/aromatic N) is 2. The quantitative estimate of drug-likeness (QED) is 0.652. The Morgan fingerprint density at radius 1 is 1.03 bits per heavy atom. The van der Waals surface area contributed by atoms with E-state index in [1.54, 1.807) is 42.5 Å². The minimum absolute atomic E-state index is 0.0580. The van der Waals surface area contributed by atoms with Crippen molar-refractivity contribution in [2.45, 2.75) is 6.42 Å². The number of carbonyl (C=O) groups excluding carboxylic acids is 3. The van der Waals surface area contributed by atoms with Gasteiger partial charge in [-0.25, -0.2) is 4.98 Å². The van der Waals surface area contributed by atoms with Crippen LogP contribution in [-0.2, 0) is 9.59 Å². The van der Waals surface area contributed by atoms with Gasteiger partial charge in [-0.3, -0.25) is 25.2 Å². The number of benzene rings is 2. The Bertz CT molecular complexity index is 1120. The molecule has 3 aromatic rings. The lowest BCUT2D eigenvalue weighted by Crippen LogP contribution is -2.45. The van der Waals surface area contributed by atoms with Gasteiger partial charge in [-0.2, -0.15) is 0 Å². The van der Waals surface area contributed by atoms with Gasteiger partial charge in [-0.15, -0.1) is 0 Å². The Morgan fingerprint density at radius 2 is 1.86 bits per heavy atom. The summed E-state index contributed by atoms with van der Waals surface area (Å²) in [6, 6.07) is 17.7. The van der Waals surface area contributed by atoms with Gasteiger partial charge in [0.1, 0.15) is 5.69 Å². The van der Waals surface area contributed by atoms with Gasteiger partial charge in [0, 0.05) is 29.1 Å². The van der Waals surface area contributed by atoms with Crippen LogP contribution in [0.1, 0.15) is 16.9 Å². The van der Waals surface area contributed by atoms with Crippen LogP contribution in [0.25, 0.3) is 10.9 Å². The summed E-state index contributed by atoms with van der Waals surface area (Å²) in [6.07, 6.45) is 0.0580. The van der Waals surface area contributed by atoms with Gasteiger partial charge >= 0.3 is 0 Å². The maximum atomic E-state index is 12.4. The number of halogens is 1. The molecule has 2 heterocycles. The van der Waals surface area contributed by atoms with Crippen molar-refractivity contribution in [1.82, 2.24) is 15.8 Å². The summed E-state index contributed by atoms with van der Waals surface area (Å²) in [5.41, 5.74) is 6.27. The van der Waals surface area contributed by atoms with Gasteiger partial charge in [0.25, 0.3) is 5.91 Å². The molecule has 146 valence electrons. The van der Waals surface area contributed by atoms with Crippen LogP contribution in [0, 0.1) is 5.92 Å². The fourth-order valence-corrected chi connectivity index (χ4v) is 3.44. The first kappa shape index (κ1) is 18.9. The van der Waals surface area contributed by atoms with E-state index in [1.165, 1.54) is 4.90 Å². The number of pyridine rings is 1. The number of para-hydroxylation sites is 1. The molecule has 2 N–H and O–H groups in total. The molecule has 0 aliphatic carbocycles. The number of nitrogens with one attached hydrogen (secondary N) is 2. The van der Waals surface area contributed by atoms with Crippen molar-refractivity contribution in [2.75, 3.05) is 11.4 Å². The van der Waals surface area contributed by atoms with Crippen molar-refractivity contribution in [3.63, 3.8) is 0 Å². The van der Waals surface area contributed by atoms with Crippen LogP contribution >= 0.6 is 11.6 Å². The summed E-state index contributed by atoms with van der Waals surface area (Å²) in [5, 5.41) is 1.43. The Hall–Kier alpha value is -3.45. The smallest absolute Gasteiger partial charge is 0.288 e. The SMILES string of the molecule is O=C(NNC(=O)[C@H]1CC(=O)N(c2cccc(Cl)c2)C1)c1ccc2ccccc2n1. The molecule has 0 spiro atoms. The minimum Gasteiger partial charge on any atom is -0.312 e. The monoisotopic (exact) mass is 408 g/mol. The molecule has 7 nitrogen and oxygen atoms in total. The average molecular weight is 409 g/mol. The molecule has 0 radical (unpaired) electrons. The molecule has 8 heteroatoms. The van der Waals surface area contributed by atoms with Crippen LogP contribution in [-0.4, -0.2) is 29.3 Å². The summed E-state index contributed by atoms with van der Waals surface area (Å²) < 4.78 is 0. The molecule has 3 amide bonds. The molecule has 1 saturated heterocycles. The first-order valence-corrected chi connectivity index (χ1v) is 9.41. The van der Waals surface area contributed by atoms with Crippen LogP contribution in [0.4, 0.5) is 5.69 Å². The van der Waals surface area contributed by atoms with E-state index < -0.39 is 17.7 Å². The lowest BCUT2D eigenvalue weighted by molar-refractivity contribution is -0.126. The fourth-order valence-electron chi connectivity index (χ4n) is 3.25. The number of hydrogen-bond donors (Lipinski definition) is 2. The first-order chi connectivity index (χ1) is 14.0. The number of fused-ring (bicyclic) bond motifs is 1. The maximum absolute atomic E-state index is 12.4. The molecule has 29 heavy (non-hydrogen) atoms. The summed E-state index contributed by atoms with van der Waals surface area (Å²) in [5.74, 6) is -1.71. The third-order valence-electron chi connectivity index (χ3n) is 4.75. The second kappa shape index (κ2) is 7.89. The average Bonchev–Trinajstić information content (AvgIpc) is 3.13. The van der Waals surface area contributed by atoms with Crippen LogP contribution in [0.3, 0.4) is 0 Å². The highest BCUT2D eigenvalue weighted by molar-refractivity contribution is 6.31. The van der Waals surface area contributed by atoms with E-state index in [0.717, 1.165) is 5.39 Å². The number of amides is 3. The zero-order chi connectivity index (χ0) is 20.4. The van der Waals surface area contributed by atoms with Gasteiger partial charge < -0.3 is 4.90 Å². The van der Waals surface area contributed by atoms with Crippen molar-refractivity contribution < 1.29 is 14.4 Å². The molecule has 0 saturated carbocycles. The topological polar surface area (TPSA) is 91.4 Å². The van der Waals surface area contributed by atoms with E-state index in [4.69, 9.17) is 11.6 Å². The third-order valence-corrected chi connectivity index (χ3v) is 4.98. The number of anilines is 1. The standard InChI is InChI=1S/C21H17ClN4O3/c22-15-5-3-6-16(11-15)26-12-14(10-19(26)27)20(28)24-25-21(29)18-9-8-13-4-1-2-7-17(13)23-18/h1-9,11,14H,10,12H2,(H,24,28)(H,25,29)/t14-/m0/s1. The molecule has 4 rings (SSSR count). The third kappa shape index (κ3) is 4.05. The second-order valence-corrected chi connectivity index (χ2v) is 7.15. The highest BCUT2D eigenvalue weighted by Crippen LogP contribution is 2.27. The summed E-state index contributed by atoms with van der Waals surface area (Å²) in [4.78, 5) is 42.8. The highest BCUT2D eigenvalue weighted by atomic mass is 35.5. The van der Waals surface area contributed by atoms with E-state index in [2.05, 4.69) is 15.8 Å². The number of hydrogen-bond acceptors (Lipinski definition) is 4. The van der Waals surface area contributed by atoms with E-state index in [-0.39, 0.29) is 24.6 Å².